The molecule has 0 heterocycles. The summed E-state index contributed by atoms with van der Waals surface area (Å²) in [4.78, 5) is 45.8. The lowest BCUT2D eigenvalue weighted by Gasteiger charge is -2.26. The molecule has 2 amide bonds. The minimum atomic E-state index is -5.19. The van der Waals surface area contributed by atoms with Crippen molar-refractivity contribution in [2.24, 2.45) is 0 Å². The van der Waals surface area contributed by atoms with Crippen LogP contribution in [0.15, 0.2) is 24.3 Å². The van der Waals surface area contributed by atoms with Gasteiger partial charge in [0, 0.05) is 12.8 Å². The molecule has 0 aliphatic carbocycles. The molecule has 0 saturated carbocycles. The van der Waals surface area contributed by atoms with Gasteiger partial charge in [-0.2, -0.15) is 13.2 Å². The molecule has 0 unspecified atom stereocenters. The van der Waals surface area contributed by atoms with Gasteiger partial charge in [-0.15, -0.1) is 0 Å². The summed E-state index contributed by atoms with van der Waals surface area (Å²) < 4.78 is 54.4. The van der Waals surface area contributed by atoms with Gasteiger partial charge in [0.1, 0.15) is 42.1 Å². The number of benzene rings is 1. The van der Waals surface area contributed by atoms with E-state index in [0.29, 0.717) is 38.5 Å². The fourth-order valence-corrected chi connectivity index (χ4v) is 3.03. The van der Waals surface area contributed by atoms with Crippen molar-refractivity contribution in [1.29, 1.82) is 0 Å². The predicted octanol–water partition coefficient (Wildman–Crippen LogP) is 2.37. The van der Waals surface area contributed by atoms with Gasteiger partial charge in [0.25, 0.3) is 0 Å². The van der Waals surface area contributed by atoms with E-state index in [9.17, 15) is 27.6 Å². The molecule has 15 heteroatoms. The van der Waals surface area contributed by atoms with Crippen molar-refractivity contribution < 1.29 is 60.9 Å². The molecule has 0 fully saturated rings. The third kappa shape index (κ3) is 23.5. The molecule has 1 aromatic rings. The number of quaternary nitrogens is 1. The van der Waals surface area contributed by atoms with Gasteiger partial charge in [-0.1, -0.05) is 12.1 Å². The standard InChI is InChI=1S/C28H47N3O7.C2HF3O2/c1-27(2,3)37-25(33)23(30-26(34)38-28(4,5)6)20-21-10-12-22(13-11-21)36-18-15-29-24(32)14-17-35-19-16-31(7,8)9;3-2(4,5)1(6)7/h10-13,23H,14-20H2,1-9H3,(H-,29,30,32,34);(H,6,7)/t23-;/m0./s1. The van der Waals surface area contributed by atoms with Crippen LogP contribution in [0.1, 0.15) is 53.5 Å². The van der Waals surface area contributed by atoms with Crippen LogP contribution in [0.25, 0.3) is 0 Å². The smallest absolute Gasteiger partial charge is 0.430 e. The number of carboxylic acids is 1. The molecule has 0 saturated heterocycles. The van der Waals surface area contributed by atoms with Gasteiger partial charge in [-0.3, -0.25) is 4.79 Å². The number of ether oxygens (including phenoxy) is 4. The number of aliphatic carboxylic acids is 1. The van der Waals surface area contributed by atoms with Gasteiger partial charge in [-0.05, 0) is 59.2 Å². The van der Waals surface area contributed by atoms with E-state index in [1.165, 1.54) is 0 Å². The zero-order chi connectivity index (χ0) is 35.1. The zero-order valence-corrected chi connectivity index (χ0v) is 27.6. The number of alkyl halides is 3. The molecule has 12 nitrogen and oxygen atoms in total. The summed E-state index contributed by atoms with van der Waals surface area (Å²) in [5.74, 6) is -3.01. The lowest BCUT2D eigenvalue weighted by molar-refractivity contribution is -0.870. The van der Waals surface area contributed by atoms with E-state index < -0.39 is 41.5 Å². The van der Waals surface area contributed by atoms with Crippen molar-refractivity contribution in [3.8, 4) is 5.75 Å². The molecule has 258 valence electrons. The summed E-state index contributed by atoms with van der Waals surface area (Å²) in [5.41, 5.74) is -0.584. The first-order valence-electron chi connectivity index (χ1n) is 14.2. The molecule has 0 aliphatic rings. The number of nitrogens with one attached hydrogen (secondary N) is 2. The Labute approximate surface area is 263 Å². The summed E-state index contributed by atoms with van der Waals surface area (Å²) in [6.07, 6.45) is -5.35. The van der Waals surface area contributed by atoms with E-state index >= 15 is 0 Å². The number of amides is 2. The van der Waals surface area contributed by atoms with E-state index in [0.717, 1.165) is 16.6 Å². The largest absolute Gasteiger partial charge is 0.542 e. The minimum absolute atomic E-state index is 0.0835. The Balaban J connectivity index is 0.00000246. The number of alkyl carbamates (subject to hydrolysis) is 1. The lowest BCUT2D eigenvalue weighted by atomic mass is 10.1. The van der Waals surface area contributed by atoms with Crippen LogP contribution in [-0.4, -0.2) is 106 Å². The fourth-order valence-electron chi connectivity index (χ4n) is 3.03. The van der Waals surface area contributed by atoms with E-state index in [4.69, 9.17) is 28.8 Å². The average molecular weight is 652 g/mol. The van der Waals surface area contributed by atoms with E-state index in [1.807, 2.05) is 12.1 Å². The molecule has 45 heavy (non-hydrogen) atoms. The predicted molar refractivity (Wildman–Crippen MR) is 157 cm³/mol. The maximum atomic E-state index is 12.7. The first-order valence-corrected chi connectivity index (χ1v) is 14.2. The summed E-state index contributed by atoms with van der Waals surface area (Å²) in [5, 5.41) is 14.2. The van der Waals surface area contributed by atoms with Gasteiger partial charge in [0.2, 0.25) is 5.91 Å². The second kappa shape index (κ2) is 18.4. The Kier molecular flexibility index (Phi) is 16.9. The van der Waals surface area contributed by atoms with Crippen LogP contribution < -0.4 is 20.5 Å². The fraction of sp³-hybridized carbons (Fsp3) is 0.667. The Morgan fingerprint density at radius 3 is 1.87 bits per heavy atom. The maximum absolute atomic E-state index is 12.7. The third-order valence-corrected chi connectivity index (χ3v) is 5.05. The number of nitrogens with zero attached hydrogens (tertiary/aromatic N) is 1. The van der Waals surface area contributed by atoms with E-state index in [1.54, 1.807) is 53.7 Å². The van der Waals surface area contributed by atoms with E-state index in [-0.39, 0.29) is 12.3 Å². The highest BCUT2D eigenvalue weighted by Crippen LogP contribution is 2.16. The summed E-state index contributed by atoms with van der Waals surface area (Å²) in [7, 11) is 6.27. The summed E-state index contributed by atoms with van der Waals surface area (Å²) >= 11 is 0. The molecule has 0 bridgehead atoms. The Morgan fingerprint density at radius 2 is 1.40 bits per heavy atom. The van der Waals surface area contributed by atoms with Crippen LogP contribution in [0.4, 0.5) is 18.0 Å². The molecular formula is C30H48F3N3O9. The average Bonchev–Trinajstić information content (AvgIpc) is 2.84. The first-order chi connectivity index (χ1) is 20.4. The number of rotatable bonds is 14. The quantitative estimate of drug-likeness (QED) is 0.176. The number of hydrogen-bond acceptors (Lipinski definition) is 9. The van der Waals surface area contributed by atoms with Gasteiger partial charge < -0.3 is 44.0 Å². The molecule has 1 rings (SSSR count). The Morgan fingerprint density at radius 1 is 0.867 bits per heavy atom. The minimum Gasteiger partial charge on any atom is -0.542 e. The first kappa shape index (κ1) is 41.4. The molecule has 0 aromatic heterocycles. The highest BCUT2D eigenvalue weighted by atomic mass is 19.4. The topological polar surface area (TPSA) is 152 Å². The molecule has 2 N–H and O–H groups in total. The van der Waals surface area contributed by atoms with Crippen molar-refractivity contribution in [2.75, 3.05) is 54.1 Å². The number of likely N-dealkylation sites (N-methyl/N-ethyl adjacent to an activating group) is 1. The highest BCUT2D eigenvalue weighted by Gasteiger charge is 2.29. The number of carbonyl (C=O) groups is 4. The maximum Gasteiger partial charge on any atom is 0.430 e. The van der Waals surface area contributed by atoms with Crippen LogP contribution >= 0.6 is 0 Å². The summed E-state index contributed by atoms with van der Waals surface area (Å²) in [6.45, 7) is 13.1. The van der Waals surface area contributed by atoms with Crippen LogP contribution in [0.3, 0.4) is 0 Å². The molecule has 1 atom stereocenters. The molecule has 1 aromatic carbocycles. The normalized spacial score (nSPS) is 12.6. The van der Waals surface area contributed by atoms with Gasteiger partial charge in [0.15, 0.2) is 0 Å². The van der Waals surface area contributed by atoms with Crippen molar-refractivity contribution in [2.45, 2.75) is 77.8 Å². The number of halogens is 3. The number of carboxylic acid groups (broad SMARTS) is 1. The van der Waals surface area contributed by atoms with Crippen molar-refractivity contribution in [3.63, 3.8) is 0 Å². The Hall–Kier alpha value is -3.59. The molecule has 0 aliphatic heterocycles. The second-order valence-corrected chi connectivity index (χ2v) is 12.9. The van der Waals surface area contributed by atoms with Crippen LogP contribution in [0.2, 0.25) is 0 Å². The number of hydrogen-bond donors (Lipinski definition) is 2. The third-order valence-electron chi connectivity index (χ3n) is 5.05. The van der Waals surface area contributed by atoms with Crippen LogP contribution in [0, 0.1) is 0 Å². The SMILES string of the molecule is CC(C)(C)OC(=O)N[C@@H](Cc1ccc(OCCNC(=O)CCOCC[N+](C)(C)C)cc1)C(=O)OC(C)(C)C.O=C([O-])C(F)(F)F. The van der Waals surface area contributed by atoms with Gasteiger partial charge in [-0.25, -0.2) is 9.59 Å². The monoisotopic (exact) mass is 651 g/mol. The number of esters is 1. The van der Waals surface area contributed by atoms with Crippen LogP contribution in [0.5, 0.6) is 5.75 Å². The van der Waals surface area contributed by atoms with Crippen molar-refractivity contribution >= 4 is 23.9 Å². The van der Waals surface area contributed by atoms with Crippen molar-refractivity contribution in [1.82, 2.24) is 10.6 Å². The second-order valence-electron chi connectivity index (χ2n) is 12.9. The Bertz CT molecular complexity index is 1080. The van der Waals surface area contributed by atoms with Crippen molar-refractivity contribution in [3.05, 3.63) is 29.8 Å². The van der Waals surface area contributed by atoms with Crippen LogP contribution in [-0.2, 0) is 35.0 Å². The molecular weight excluding hydrogens is 603 g/mol. The summed E-state index contributed by atoms with van der Waals surface area (Å²) in [6, 6.07) is 6.27. The lowest BCUT2D eigenvalue weighted by Crippen LogP contribution is -2.47. The van der Waals surface area contributed by atoms with Gasteiger partial charge >= 0.3 is 18.2 Å². The molecule has 0 spiro atoms. The van der Waals surface area contributed by atoms with E-state index in [2.05, 4.69) is 31.8 Å². The molecule has 0 radical (unpaired) electrons. The zero-order valence-electron chi connectivity index (χ0n) is 27.6. The van der Waals surface area contributed by atoms with Gasteiger partial charge in [0.05, 0.1) is 40.9 Å². The highest BCUT2D eigenvalue weighted by molar-refractivity contribution is 5.82. The number of carbonyl (C=O) groups excluding carboxylic acids is 4.